The van der Waals surface area contributed by atoms with E-state index in [0.29, 0.717) is 6.04 Å². The van der Waals surface area contributed by atoms with Crippen LogP contribution >= 0.6 is 0 Å². The van der Waals surface area contributed by atoms with Gasteiger partial charge in [0.05, 0.1) is 11.7 Å². The highest BCUT2D eigenvalue weighted by Crippen LogP contribution is 2.34. The highest BCUT2D eigenvalue weighted by molar-refractivity contribution is 5.80. The largest absolute Gasteiger partial charge is 0.357 e. The molecule has 1 aliphatic carbocycles. The number of nitrogens with two attached hydrogens (primary N) is 1. The van der Waals surface area contributed by atoms with E-state index < -0.39 is 0 Å². The maximum atomic E-state index is 5.74. The molecule has 3 N–H and O–H groups in total. The Bertz CT molecular complexity index is 821. The first-order chi connectivity index (χ1) is 12.8. The zero-order valence-electron chi connectivity index (χ0n) is 15.3. The standard InChI is InChI=1S/C22H28N4/c23-12-3-4-14-26(16-19-15-18-7-1-2-10-20(18)25-19)21-11-5-8-17-9-6-13-24-22(17)21/h1-2,6-7,9-10,13,15,21,25H,3-5,8,11-12,14,16,23H2/t21-/m0/s1. The molecule has 0 fully saturated rings. The summed E-state index contributed by atoms with van der Waals surface area (Å²) < 4.78 is 0. The molecule has 0 unspecified atom stereocenters. The molecule has 26 heavy (non-hydrogen) atoms. The molecule has 2 heterocycles. The second kappa shape index (κ2) is 8.02. The summed E-state index contributed by atoms with van der Waals surface area (Å²) in [5, 5.41) is 1.28. The lowest BCUT2D eigenvalue weighted by molar-refractivity contribution is 0.161. The van der Waals surface area contributed by atoms with Gasteiger partial charge in [-0.3, -0.25) is 9.88 Å². The smallest absolute Gasteiger partial charge is 0.0607 e. The Morgan fingerprint density at radius 1 is 1.15 bits per heavy atom. The number of nitrogens with one attached hydrogen (secondary N) is 1. The maximum absolute atomic E-state index is 5.74. The van der Waals surface area contributed by atoms with Crippen molar-refractivity contribution in [2.45, 2.75) is 44.7 Å². The van der Waals surface area contributed by atoms with Gasteiger partial charge in [-0.05, 0) is 74.3 Å². The van der Waals surface area contributed by atoms with Crippen LogP contribution in [0.25, 0.3) is 10.9 Å². The average Bonchev–Trinajstić information content (AvgIpc) is 3.09. The van der Waals surface area contributed by atoms with Crippen LogP contribution < -0.4 is 5.73 Å². The molecule has 4 nitrogen and oxygen atoms in total. The molecule has 0 amide bonds. The lowest BCUT2D eigenvalue weighted by atomic mass is 9.90. The molecular weight excluding hydrogens is 320 g/mol. The van der Waals surface area contributed by atoms with E-state index >= 15 is 0 Å². The van der Waals surface area contributed by atoms with Crippen molar-refractivity contribution in [3.8, 4) is 0 Å². The van der Waals surface area contributed by atoms with Crippen LogP contribution in [0.3, 0.4) is 0 Å². The number of unbranched alkanes of at least 4 members (excludes halogenated alkanes) is 1. The zero-order valence-corrected chi connectivity index (χ0v) is 15.3. The summed E-state index contributed by atoms with van der Waals surface area (Å²) >= 11 is 0. The Hall–Kier alpha value is -2.17. The first kappa shape index (κ1) is 17.3. The number of aromatic amines is 1. The molecule has 1 aromatic carbocycles. The molecule has 0 saturated heterocycles. The van der Waals surface area contributed by atoms with Crippen LogP contribution in [0.15, 0.2) is 48.7 Å². The normalized spacial score (nSPS) is 16.9. The lowest BCUT2D eigenvalue weighted by Gasteiger charge is -2.35. The molecule has 4 rings (SSSR count). The van der Waals surface area contributed by atoms with Crippen LogP contribution in [-0.2, 0) is 13.0 Å². The molecule has 4 heteroatoms. The number of benzene rings is 1. The number of aryl methyl sites for hydroxylation is 1. The number of pyridine rings is 1. The summed E-state index contributed by atoms with van der Waals surface area (Å²) in [5.41, 5.74) is 10.9. The van der Waals surface area contributed by atoms with E-state index in [1.54, 1.807) is 0 Å². The first-order valence-corrected chi connectivity index (χ1v) is 9.79. The predicted octanol–water partition coefficient (Wildman–Crippen LogP) is 4.18. The van der Waals surface area contributed by atoms with E-state index in [1.807, 2.05) is 6.20 Å². The van der Waals surface area contributed by atoms with Crippen molar-refractivity contribution >= 4 is 10.9 Å². The second-order valence-electron chi connectivity index (χ2n) is 7.30. The van der Waals surface area contributed by atoms with Crippen LogP contribution in [0.4, 0.5) is 0 Å². The molecule has 136 valence electrons. The summed E-state index contributed by atoms with van der Waals surface area (Å²) in [4.78, 5) is 11.0. The summed E-state index contributed by atoms with van der Waals surface area (Å²) in [7, 11) is 0. The lowest BCUT2D eigenvalue weighted by Crippen LogP contribution is -2.33. The van der Waals surface area contributed by atoms with Crippen LogP contribution in [-0.4, -0.2) is 28.0 Å². The highest BCUT2D eigenvalue weighted by Gasteiger charge is 2.27. The molecule has 0 bridgehead atoms. The summed E-state index contributed by atoms with van der Waals surface area (Å²) in [6, 6.07) is 15.5. The van der Waals surface area contributed by atoms with Gasteiger partial charge in [0.15, 0.2) is 0 Å². The molecule has 0 radical (unpaired) electrons. The van der Waals surface area contributed by atoms with Crippen LogP contribution in [0.5, 0.6) is 0 Å². The fourth-order valence-electron chi connectivity index (χ4n) is 4.18. The van der Waals surface area contributed by atoms with Crippen molar-refractivity contribution in [2.24, 2.45) is 5.73 Å². The minimum Gasteiger partial charge on any atom is -0.357 e. The summed E-state index contributed by atoms with van der Waals surface area (Å²) in [6.45, 7) is 2.76. The monoisotopic (exact) mass is 348 g/mol. The number of hydrogen-bond acceptors (Lipinski definition) is 3. The molecule has 1 atom stereocenters. The van der Waals surface area contributed by atoms with Gasteiger partial charge in [0, 0.05) is 24.0 Å². The Morgan fingerprint density at radius 3 is 2.96 bits per heavy atom. The second-order valence-corrected chi connectivity index (χ2v) is 7.30. The van der Waals surface area contributed by atoms with E-state index in [4.69, 9.17) is 10.7 Å². The van der Waals surface area contributed by atoms with E-state index in [9.17, 15) is 0 Å². The van der Waals surface area contributed by atoms with Gasteiger partial charge in [-0.1, -0.05) is 24.3 Å². The molecule has 1 aliphatic rings. The van der Waals surface area contributed by atoms with Gasteiger partial charge in [0.1, 0.15) is 0 Å². The van der Waals surface area contributed by atoms with Gasteiger partial charge in [-0.2, -0.15) is 0 Å². The number of para-hydroxylation sites is 1. The fourth-order valence-corrected chi connectivity index (χ4v) is 4.18. The number of hydrogen-bond donors (Lipinski definition) is 2. The number of H-pyrrole nitrogens is 1. The third kappa shape index (κ3) is 3.67. The van der Waals surface area contributed by atoms with Crippen molar-refractivity contribution in [3.05, 3.63) is 65.6 Å². The van der Waals surface area contributed by atoms with Gasteiger partial charge >= 0.3 is 0 Å². The predicted molar refractivity (Wildman–Crippen MR) is 107 cm³/mol. The first-order valence-electron chi connectivity index (χ1n) is 9.79. The van der Waals surface area contributed by atoms with Gasteiger partial charge in [-0.25, -0.2) is 0 Å². The number of aromatic nitrogens is 2. The third-order valence-electron chi connectivity index (χ3n) is 5.46. The van der Waals surface area contributed by atoms with E-state index in [2.05, 4.69) is 52.3 Å². The molecule has 0 spiro atoms. The molecule has 3 aromatic rings. The Balaban J connectivity index is 1.60. The minimum atomic E-state index is 0.407. The van der Waals surface area contributed by atoms with E-state index in [1.165, 1.54) is 40.7 Å². The molecule has 2 aromatic heterocycles. The zero-order chi connectivity index (χ0) is 17.8. The highest BCUT2D eigenvalue weighted by atomic mass is 15.2. The van der Waals surface area contributed by atoms with Crippen molar-refractivity contribution in [3.63, 3.8) is 0 Å². The topological polar surface area (TPSA) is 57.9 Å². The average molecular weight is 348 g/mol. The van der Waals surface area contributed by atoms with Crippen LogP contribution in [0, 0.1) is 0 Å². The van der Waals surface area contributed by atoms with E-state index in [-0.39, 0.29) is 0 Å². The summed E-state index contributed by atoms with van der Waals surface area (Å²) in [6.07, 6.45) is 7.73. The van der Waals surface area contributed by atoms with Crippen molar-refractivity contribution in [1.82, 2.24) is 14.9 Å². The molecule has 0 aliphatic heterocycles. The minimum absolute atomic E-state index is 0.407. The Kier molecular flexibility index (Phi) is 5.32. The number of rotatable bonds is 7. The van der Waals surface area contributed by atoms with Gasteiger partial charge in [0.25, 0.3) is 0 Å². The SMILES string of the molecule is NCCCCN(Cc1cc2ccccc2[nH]1)[C@H]1CCCc2cccnc21. The van der Waals surface area contributed by atoms with Gasteiger partial charge in [-0.15, -0.1) is 0 Å². The molecular formula is C22H28N4. The van der Waals surface area contributed by atoms with Gasteiger partial charge < -0.3 is 10.7 Å². The Morgan fingerprint density at radius 2 is 2.08 bits per heavy atom. The van der Waals surface area contributed by atoms with Crippen molar-refractivity contribution < 1.29 is 0 Å². The maximum Gasteiger partial charge on any atom is 0.0607 e. The van der Waals surface area contributed by atoms with Gasteiger partial charge in [0.2, 0.25) is 0 Å². The quantitative estimate of drug-likeness (QED) is 0.630. The third-order valence-corrected chi connectivity index (χ3v) is 5.46. The number of nitrogens with zero attached hydrogens (tertiary/aromatic N) is 2. The summed E-state index contributed by atoms with van der Waals surface area (Å²) in [5.74, 6) is 0. The Labute approximate surface area is 155 Å². The van der Waals surface area contributed by atoms with Crippen molar-refractivity contribution in [1.29, 1.82) is 0 Å². The van der Waals surface area contributed by atoms with Crippen LogP contribution in [0.1, 0.15) is 48.7 Å². The fraction of sp³-hybridized carbons (Fsp3) is 0.409. The number of fused-ring (bicyclic) bond motifs is 2. The van der Waals surface area contributed by atoms with Crippen molar-refractivity contribution in [2.75, 3.05) is 13.1 Å². The van der Waals surface area contributed by atoms with Crippen LogP contribution in [0.2, 0.25) is 0 Å². The molecule has 0 saturated carbocycles. The van der Waals surface area contributed by atoms with E-state index in [0.717, 1.165) is 38.9 Å².